The van der Waals surface area contributed by atoms with Crippen LogP contribution in [0.25, 0.3) is 6.08 Å². The van der Waals surface area contributed by atoms with Gasteiger partial charge in [0.2, 0.25) is 5.78 Å². The topological polar surface area (TPSA) is 50.2 Å². The number of alkyl halides is 2. The highest BCUT2D eigenvalue weighted by Gasteiger charge is 2.10. The Bertz CT molecular complexity index is 685. The molecular formula is C15H10ClF2NO2. The Labute approximate surface area is 124 Å². The summed E-state index contributed by atoms with van der Waals surface area (Å²) in [5.41, 5.74) is 0.372. The molecule has 2 rings (SSSR count). The minimum absolute atomic E-state index is 0.0875. The van der Waals surface area contributed by atoms with Gasteiger partial charge >= 0.3 is 0 Å². The fourth-order valence-corrected chi connectivity index (χ4v) is 1.77. The molecule has 6 heteroatoms. The molecule has 108 valence electrons. The lowest BCUT2D eigenvalue weighted by atomic mass is 10.1. The molecule has 0 fully saturated rings. The third-order valence-corrected chi connectivity index (χ3v) is 2.89. The maximum atomic E-state index is 12.4. The molecule has 0 atom stereocenters. The predicted octanol–water partition coefficient (Wildman–Crippen LogP) is 4.27. The molecule has 0 radical (unpaired) electrons. The van der Waals surface area contributed by atoms with Crippen molar-refractivity contribution in [3.05, 3.63) is 64.4 Å². The van der Waals surface area contributed by atoms with Crippen molar-refractivity contribution < 1.29 is 18.7 Å². The number of carbonyl (C=O) groups is 1. The third-order valence-electron chi connectivity index (χ3n) is 2.68. The summed E-state index contributed by atoms with van der Waals surface area (Å²) in [6, 6.07) is 6.73. The van der Waals surface area contributed by atoms with Crippen LogP contribution in [0.3, 0.4) is 0 Å². The summed E-state index contributed by atoms with van der Waals surface area (Å²) in [5.74, 6) is -0.827. The van der Waals surface area contributed by atoms with Crippen LogP contribution in [0.4, 0.5) is 8.78 Å². The number of nitrogens with zero attached hydrogens (tertiary/aromatic N) is 1. The van der Waals surface area contributed by atoms with Crippen molar-refractivity contribution in [3.63, 3.8) is 0 Å². The first-order valence-electron chi connectivity index (χ1n) is 5.92. The molecule has 3 nitrogen and oxygen atoms in total. The first kappa shape index (κ1) is 15.1. The molecule has 1 N–H and O–H groups in total. The lowest BCUT2D eigenvalue weighted by Gasteiger charge is -2.01. The van der Waals surface area contributed by atoms with E-state index in [2.05, 4.69) is 4.98 Å². The van der Waals surface area contributed by atoms with E-state index in [1.165, 1.54) is 48.7 Å². The maximum Gasteiger partial charge on any atom is 0.263 e. The van der Waals surface area contributed by atoms with Gasteiger partial charge in [0.25, 0.3) is 6.43 Å². The van der Waals surface area contributed by atoms with Gasteiger partial charge in [-0.15, -0.1) is 0 Å². The number of rotatable bonds is 4. The molecule has 1 aromatic heterocycles. The number of allylic oxidation sites excluding steroid dienone is 1. The van der Waals surface area contributed by atoms with Crippen LogP contribution < -0.4 is 0 Å². The number of hydrogen-bond donors (Lipinski definition) is 1. The van der Waals surface area contributed by atoms with Crippen LogP contribution in [0.1, 0.15) is 28.0 Å². The van der Waals surface area contributed by atoms with E-state index in [0.29, 0.717) is 5.56 Å². The zero-order chi connectivity index (χ0) is 15.4. The molecular weight excluding hydrogens is 300 g/mol. The molecule has 0 amide bonds. The maximum absolute atomic E-state index is 12.4. The molecule has 0 unspecified atom stereocenters. The van der Waals surface area contributed by atoms with E-state index in [1.54, 1.807) is 0 Å². The highest BCUT2D eigenvalue weighted by Crippen LogP contribution is 2.21. The second-order valence-corrected chi connectivity index (χ2v) is 4.62. The summed E-state index contributed by atoms with van der Waals surface area (Å²) in [6.45, 7) is 0. The van der Waals surface area contributed by atoms with Gasteiger partial charge in [0.15, 0.2) is 5.69 Å². The van der Waals surface area contributed by atoms with Gasteiger partial charge in [0.1, 0.15) is 5.75 Å². The highest BCUT2D eigenvalue weighted by atomic mass is 35.5. The first-order chi connectivity index (χ1) is 9.97. The molecule has 2 aromatic rings. The van der Waals surface area contributed by atoms with E-state index in [-0.39, 0.29) is 22.0 Å². The Morgan fingerprint density at radius 3 is 2.52 bits per heavy atom. The molecule has 0 aliphatic rings. The van der Waals surface area contributed by atoms with Gasteiger partial charge in [-0.05, 0) is 11.6 Å². The summed E-state index contributed by atoms with van der Waals surface area (Å²) in [5, 5.41) is 9.79. The van der Waals surface area contributed by atoms with Crippen molar-refractivity contribution >= 4 is 23.5 Å². The average Bonchev–Trinajstić information content (AvgIpc) is 2.45. The van der Waals surface area contributed by atoms with Gasteiger partial charge in [0, 0.05) is 17.8 Å². The SMILES string of the molecule is O=C(/C=C/c1ccc(C(F)F)cc1)c1ncc(Cl)cc1O. The normalized spacial score (nSPS) is 11.2. The van der Waals surface area contributed by atoms with Crippen molar-refractivity contribution in [1.82, 2.24) is 4.98 Å². The second-order valence-electron chi connectivity index (χ2n) is 4.19. The van der Waals surface area contributed by atoms with E-state index >= 15 is 0 Å². The smallest absolute Gasteiger partial charge is 0.263 e. The van der Waals surface area contributed by atoms with Crippen LogP contribution in [0.5, 0.6) is 5.75 Å². The number of hydrogen-bond acceptors (Lipinski definition) is 3. The fraction of sp³-hybridized carbons (Fsp3) is 0.0667. The van der Waals surface area contributed by atoms with Crippen molar-refractivity contribution in [3.8, 4) is 5.75 Å². The summed E-state index contributed by atoms with van der Waals surface area (Å²) in [7, 11) is 0. The quantitative estimate of drug-likeness (QED) is 0.677. The van der Waals surface area contributed by atoms with Gasteiger partial charge in [0.05, 0.1) is 5.02 Å². The van der Waals surface area contributed by atoms with Crippen molar-refractivity contribution in [2.45, 2.75) is 6.43 Å². The largest absolute Gasteiger partial charge is 0.505 e. The standard InChI is InChI=1S/C15H10ClF2NO2/c16-11-7-13(21)14(19-8-11)12(20)6-3-9-1-4-10(5-2-9)15(17)18/h1-8,15,21H/b6-3+. The van der Waals surface area contributed by atoms with Gasteiger partial charge in [-0.1, -0.05) is 41.9 Å². The number of aromatic nitrogens is 1. The second kappa shape index (κ2) is 6.45. The zero-order valence-corrected chi connectivity index (χ0v) is 11.4. The van der Waals surface area contributed by atoms with Gasteiger partial charge in [-0.3, -0.25) is 4.79 Å². The van der Waals surface area contributed by atoms with Crippen molar-refractivity contribution in [1.29, 1.82) is 0 Å². The van der Waals surface area contributed by atoms with Gasteiger partial charge < -0.3 is 5.11 Å². The number of halogens is 3. The Balaban J connectivity index is 2.15. The predicted molar refractivity (Wildman–Crippen MR) is 75.7 cm³/mol. The monoisotopic (exact) mass is 309 g/mol. The van der Waals surface area contributed by atoms with Crippen LogP contribution in [-0.2, 0) is 0 Å². The molecule has 21 heavy (non-hydrogen) atoms. The van der Waals surface area contributed by atoms with Crippen LogP contribution in [0.15, 0.2) is 42.6 Å². The van der Waals surface area contributed by atoms with E-state index in [9.17, 15) is 18.7 Å². The van der Waals surface area contributed by atoms with Crippen LogP contribution in [0, 0.1) is 0 Å². The van der Waals surface area contributed by atoms with E-state index in [1.807, 2.05) is 0 Å². The van der Waals surface area contributed by atoms with Crippen LogP contribution >= 0.6 is 11.6 Å². The van der Waals surface area contributed by atoms with E-state index < -0.39 is 12.2 Å². The third kappa shape index (κ3) is 3.86. The fourth-order valence-electron chi connectivity index (χ4n) is 1.62. The molecule has 0 saturated carbocycles. The number of ketones is 1. The Kier molecular flexibility index (Phi) is 4.65. The van der Waals surface area contributed by atoms with E-state index in [4.69, 9.17) is 11.6 Å². The average molecular weight is 310 g/mol. The Morgan fingerprint density at radius 1 is 1.29 bits per heavy atom. The molecule has 0 aliphatic carbocycles. The van der Waals surface area contributed by atoms with Crippen LogP contribution in [0.2, 0.25) is 5.02 Å². The highest BCUT2D eigenvalue weighted by molar-refractivity contribution is 6.30. The summed E-state index contributed by atoms with van der Waals surface area (Å²) in [4.78, 5) is 15.6. The minimum atomic E-state index is -2.53. The summed E-state index contributed by atoms with van der Waals surface area (Å²) < 4.78 is 24.8. The summed E-state index contributed by atoms with van der Waals surface area (Å²) in [6.07, 6.45) is 1.38. The lowest BCUT2D eigenvalue weighted by molar-refractivity contribution is 0.104. The summed E-state index contributed by atoms with van der Waals surface area (Å²) >= 11 is 5.62. The van der Waals surface area contributed by atoms with Gasteiger partial charge in [-0.25, -0.2) is 13.8 Å². The number of pyridine rings is 1. The molecule has 0 saturated heterocycles. The Morgan fingerprint density at radius 2 is 1.95 bits per heavy atom. The minimum Gasteiger partial charge on any atom is -0.505 e. The van der Waals surface area contributed by atoms with Gasteiger partial charge in [-0.2, -0.15) is 0 Å². The number of carbonyl (C=O) groups excluding carboxylic acids is 1. The first-order valence-corrected chi connectivity index (χ1v) is 6.30. The Hall–Kier alpha value is -2.27. The number of benzene rings is 1. The van der Waals surface area contributed by atoms with Crippen LogP contribution in [-0.4, -0.2) is 15.9 Å². The molecule has 1 heterocycles. The number of aromatic hydroxyl groups is 1. The molecule has 0 bridgehead atoms. The zero-order valence-electron chi connectivity index (χ0n) is 10.6. The molecule has 1 aromatic carbocycles. The van der Waals surface area contributed by atoms with E-state index in [0.717, 1.165) is 0 Å². The van der Waals surface area contributed by atoms with Crippen molar-refractivity contribution in [2.75, 3.05) is 0 Å². The molecule has 0 aliphatic heterocycles. The lowest BCUT2D eigenvalue weighted by Crippen LogP contribution is -1.98. The molecule has 0 spiro atoms. The van der Waals surface area contributed by atoms with Crippen molar-refractivity contribution in [2.24, 2.45) is 0 Å².